The second-order valence-corrected chi connectivity index (χ2v) is 9.16. The van der Waals surface area contributed by atoms with Crippen molar-refractivity contribution in [1.82, 2.24) is 4.90 Å². The van der Waals surface area contributed by atoms with Crippen LogP contribution in [0.2, 0.25) is 0 Å². The molecule has 2 fully saturated rings. The molecule has 1 unspecified atom stereocenters. The fourth-order valence-corrected chi connectivity index (χ4v) is 4.23. The van der Waals surface area contributed by atoms with E-state index in [9.17, 15) is 9.59 Å². The molecule has 6 heteroatoms. The van der Waals surface area contributed by atoms with Crippen LogP contribution in [-0.4, -0.2) is 54.5 Å². The molecular weight excluding hydrogens is 346 g/mol. The highest BCUT2D eigenvalue weighted by Crippen LogP contribution is 2.38. The zero-order valence-electron chi connectivity index (χ0n) is 17.9. The number of nitrogens with zero attached hydrogens (tertiary/aromatic N) is 1. The fourth-order valence-electron chi connectivity index (χ4n) is 4.23. The lowest BCUT2D eigenvalue weighted by atomic mass is 9.86. The summed E-state index contributed by atoms with van der Waals surface area (Å²) < 4.78 is 17.3. The van der Waals surface area contributed by atoms with Crippen LogP contribution < -0.4 is 0 Å². The molecule has 1 aliphatic carbocycles. The summed E-state index contributed by atoms with van der Waals surface area (Å²) in [5, 5.41) is 0. The molecule has 0 aromatic rings. The quantitative estimate of drug-likeness (QED) is 0.654. The lowest BCUT2D eigenvalue weighted by Gasteiger charge is -2.46. The molecule has 0 aromatic heterocycles. The molecule has 27 heavy (non-hydrogen) atoms. The third-order valence-electron chi connectivity index (χ3n) is 5.60. The first kappa shape index (κ1) is 22.2. The monoisotopic (exact) mass is 383 g/mol. The first-order valence-electron chi connectivity index (χ1n) is 10.3. The van der Waals surface area contributed by atoms with E-state index in [0.29, 0.717) is 0 Å². The van der Waals surface area contributed by atoms with Gasteiger partial charge in [-0.3, -0.25) is 9.69 Å². The SMILES string of the molecule is COC(=O)C1CCC(OC(C(=O)OC(C)(C)C)(C(C)C)N2CCCC2)CC1. The molecule has 2 aliphatic rings. The lowest BCUT2D eigenvalue weighted by Crippen LogP contribution is -2.62. The van der Waals surface area contributed by atoms with Crippen LogP contribution in [0.15, 0.2) is 0 Å². The summed E-state index contributed by atoms with van der Waals surface area (Å²) in [6.45, 7) is 11.4. The first-order chi connectivity index (χ1) is 12.6. The van der Waals surface area contributed by atoms with Gasteiger partial charge in [-0.1, -0.05) is 13.8 Å². The Balaban J connectivity index is 2.19. The zero-order chi connectivity index (χ0) is 20.2. The predicted octanol–water partition coefficient (Wildman–Crippen LogP) is 3.52. The molecular formula is C21H37NO5. The smallest absolute Gasteiger partial charge is 0.354 e. The van der Waals surface area contributed by atoms with Crippen molar-refractivity contribution in [1.29, 1.82) is 0 Å². The number of esters is 2. The van der Waals surface area contributed by atoms with E-state index in [1.165, 1.54) is 7.11 Å². The van der Waals surface area contributed by atoms with Gasteiger partial charge in [0, 0.05) is 19.0 Å². The van der Waals surface area contributed by atoms with Crippen LogP contribution in [0.1, 0.15) is 73.1 Å². The van der Waals surface area contributed by atoms with Gasteiger partial charge in [0.25, 0.3) is 0 Å². The van der Waals surface area contributed by atoms with Crippen LogP contribution in [0.5, 0.6) is 0 Å². The van der Waals surface area contributed by atoms with Crippen molar-refractivity contribution in [2.75, 3.05) is 20.2 Å². The molecule has 1 saturated heterocycles. The topological polar surface area (TPSA) is 65.1 Å². The van der Waals surface area contributed by atoms with Gasteiger partial charge in [0.15, 0.2) is 0 Å². The van der Waals surface area contributed by atoms with Gasteiger partial charge in [0.05, 0.1) is 19.1 Å². The van der Waals surface area contributed by atoms with Crippen molar-refractivity contribution in [2.45, 2.75) is 90.6 Å². The van der Waals surface area contributed by atoms with Gasteiger partial charge in [-0.2, -0.15) is 0 Å². The fraction of sp³-hybridized carbons (Fsp3) is 0.905. The summed E-state index contributed by atoms with van der Waals surface area (Å²) in [6, 6.07) is 0. The average molecular weight is 384 g/mol. The van der Waals surface area contributed by atoms with Crippen LogP contribution in [-0.2, 0) is 23.8 Å². The van der Waals surface area contributed by atoms with Crippen molar-refractivity contribution in [3.8, 4) is 0 Å². The first-order valence-corrected chi connectivity index (χ1v) is 10.3. The summed E-state index contributed by atoms with van der Waals surface area (Å²) in [5.41, 5.74) is -1.63. The van der Waals surface area contributed by atoms with Crippen LogP contribution in [0.25, 0.3) is 0 Å². The minimum Gasteiger partial charge on any atom is -0.469 e. The molecule has 0 spiro atoms. The Kier molecular flexibility index (Phi) is 7.31. The van der Waals surface area contributed by atoms with E-state index in [-0.39, 0.29) is 29.9 Å². The van der Waals surface area contributed by atoms with E-state index in [0.717, 1.165) is 51.6 Å². The lowest BCUT2D eigenvalue weighted by molar-refractivity contribution is -0.240. The highest BCUT2D eigenvalue weighted by molar-refractivity contribution is 5.80. The zero-order valence-corrected chi connectivity index (χ0v) is 17.9. The summed E-state index contributed by atoms with van der Waals surface area (Å²) in [5.74, 6) is -0.530. The largest absolute Gasteiger partial charge is 0.469 e. The molecule has 1 atom stereocenters. The maximum Gasteiger partial charge on any atom is 0.354 e. The van der Waals surface area contributed by atoms with Gasteiger partial charge in [0.2, 0.25) is 5.72 Å². The summed E-state index contributed by atoms with van der Waals surface area (Å²) in [7, 11) is 1.44. The Morgan fingerprint density at radius 1 is 1.00 bits per heavy atom. The van der Waals surface area contributed by atoms with Crippen molar-refractivity contribution < 1.29 is 23.8 Å². The van der Waals surface area contributed by atoms with Crippen molar-refractivity contribution in [3.63, 3.8) is 0 Å². The third-order valence-corrected chi connectivity index (χ3v) is 5.60. The molecule has 6 nitrogen and oxygen atoms in total. The molecule has 0 radical (unpaired) electrons. The van der Waals surface area contributed by atoms with Crippen LogP contribution >= 0.6 is 0 Å². The highest BCUT2D eigenvalue weighted by atomic mass is 16.6. The Morgan fingerprint density at radius 3 is 2.00 bits per heavy atom. The predicted molar refractivity (Wildman–Crippen MR) is 103 cm³/mol. The molecule has 0 N–H and O–H groups in total. The van der Waals surface area contributed by atoms with Crippen molar-refractivity contribution >= 4 is 11.9 Å². The van der Waals surface area contributed by atoms with Crippen molar-refractivity contribution in [3.05, 3.63) is 0 Å². The van der Waals surface area contributed by atoms with Gasteiger partial charge in [-0.25, -0.2) is 4.79 Å². The summed E-state index contributed by atoms with van der Waals surface area (Å²) >= 11 is 0. The van der Waals surface area contributed by atoms with Gasteiger partial charge in [0.1, 0.15) is 5.60 Å². The number of carbonyl (C=O) groups is 2. The van der Waals surface area contributed by atoms with E-state index in [1.54, 1.807) is 0 Å². The second kappa shape index (κ2) is 8.91. The summed E-state index contributed by atoms with van der Waals surface area (Å²) in [6.07, 6.45) is 5.06. The van der Waals surface area contributed by atoms with Crippen LogP contribution in [0, 0.1) is 11.8 Å². The number of rotatable bonds is 6. The third kappa shape index (κ3) is 5.23. The van der Waals surface area contributed by atoms with E-state index in [1.807, 2.05) is 34.6 Å². The Labute approximate surface area is 163 Å². The number of hydrogen-bond donors (Lipinski definition) is 0. The van der Waals surface area contributed by atoms with E-state index in [4.69, 9.17) is 14.2 Å². The molecule has 0 amide bonds. The van der Waals surface area contributed by atoms with Gasteiger partial charge in [-0.05, 0) is 59.3 Å². The number of methoxy groups -OCH3 is 1. The molecule has 2 rings (SSSR count). The Bertz CT molecular complexity index is 513. The van der Waals surface area contributed by atoms with Crippen LogP contribution in [0.4, 0.5) is 0 Å². The van der Waals surface area contributed by atoms with Gasteiger partial charge < -0.3 is 14.2 Å². The van der Waals surface area contributed by atoms with Crippen LogP contribution in [0.3, 0.4) is 0 Å². The van der Waals surface area contributed by atoms with E-state index in [2.05, 4.69) is 4.90 Å². The summed E-state index contributed by atoms with van der Waals surface area (Å²) in [4.78, 5) is 27.3. The van der Waals surface area contributed by atoms with Gasteiger partial charge >= 0.3 is 11.9 Å². The molecule has 0 bridgehead atoms. The maximum absolute atomic E-state index is 13.3. The number of carbonyl (C=O) groups excluding carboxylic acids is 2. The Morgan fingerprint density at radius 2 is 1.56 bits per heavy atom. The number of hydrogen-bond acceptors (Lipinski definition) is 6. The van der Waals surface area contributed by atoms with E-state index >= 15 is 0 Å². The maximum atomic E-state index is 13.3. The normalized spacial score (nSPS) is 26.6. The molecule has 0 aromatic carbocycles. The minimum absolute atomic E-state index is 0.0382. The molecule has 156 valence electrons. The molecule has 1 saturated carbocycles. The molecule has 1 aliphatic heterocycles. The Hall–Kier alpha value is -1.14. The number of ether oxygens (including phenoxy) is 3. The van der Waals surface area contributed by atoms with Gasteiger partial charge in [-0.15, -0.1) is 0 Å². The minimum atomic E-state index is -1.06. The molecule has 1 heterocycles. The van der Waals surface area contributed by atoms with Crippen molar-refractivity contribution in [2.24, 2.45) is 11.8 Å². The average Bonchev–Trinajstić information content (AvgIpc) is 3.12. The number of likely N-dealkylation sites (tertiary alicyclic amines) is 1. The standard InChI is InChI=1S/C21H37NO5/c1-15(2)21(22-13-7-8-14-22,19(24)27-20(3,4)5)26-17-11-9-16(10-12-17)18(23)25-6/h15-17H,7-14H2,1-6H3. The second-order valence-electron chi connectivity index (χ2n) is 9.16. The highest BCUT2D eigenvalue weighted by Gasteiger charge is 2.53. The van der Waals surface area contributed by atoms with E-state index < -0.39 is 11.3 Å².